The van der Waals surface area contributed by atoms with Gasteiger partial charge in [0.2, 0.25) is 0 Å². The average molecular weight is 368 g/mol. The van der Waals surface area contributed by atoms with E-state index in [-0.39, 0.29) is 5.97 Å². The first kappa shape index (κ1) is 15.4. The number of benzene rings is 2. The van der Waals surface area contributed by atoms with Crippen LogP contribution < -0.4 is 4.74 Å². The van der Waals surface area contributed by atoms with Crippen LogP contribution in [0.1, 0.15) is 18.2 Å². The summed E-state index contributed by atoms with van der Waals surface area (Å²) < 4.78 is 6.27. The normalized spacial score (nSPS) is 11.0. The Balaban J connectivity index is 1.95. The van der Waals surface area contributed by atoms with Gasteiger partial charge in [-0.15, -0.1) is 0 Å². The quantitative estimate of drug-likeness (QED) is 0.477. The van der Waals surface area contributed by atoms with Gasteiger partial charge in [-0.05, 0) is 35.9 Å². The number of carbonyl (C=O) groups excluding carboxylic acids is 1. The van der Waals surface area contributed by atoms with Crippen LogP contribution in [-0.2, 0) is 4.79 Å². The summed E-state index contributed by atoms with van der Waals surface area (Å²) in [6.45, 7) is 1.39. The number of aromatic nitrogens is 1. The van der Waals surface area contributed by atoms with E-state index in [1.165, 1.54) is 6.92 Å². The zero-order valence-electron chi connectivity index (χ0n) is 12.5. The van der Waals surface area contributed by atoms with E-state index >= 15 is 0 Å². The summed E-state index contributed by atoms with van der Waals surface area (Å²) in [4.78, 5) is 15.8. The Labute approximate surface area is 142 Å². The molecule has 114 valence electrons. The summed E-state index contributed by atoms with van der Waals surface area (Å²) >= 11 is 3.42. The maximum absolute atomic E-state index is 11.2. The molecular weight excluding hydrogens is 354 g/mol. The number of hydrogen-bond acceptors (Lipinski definition) is 3. The van der Waals surface area contributed by atoms with Crippen LogP contribution in [-0.4, -0.2) is 11.0 Å². The number of pyridine rings is 1. The third-order valence-electron chi connectivity index (χ3n) is 3.28. The number of carbonyl (C=O) groups is 1. The number of hydrogen-bond donors (Lipinski definition) is 0. The zero-order chi connectivity index (χ0) is 16.2. The molecule has 4 heteroatoms. The molecule has 0 spiro atoms. The molecule has 3 aromatic rings. The number of fused-ring (bicyclic) bond motifs is 1. The van der Waals surface area contributed by atoms with Crippen LogP contribution in [0, 0.1) is 0 Å². The Morgan fingerprint density at radius 2 is 1.83 bits per heavy atom. The van der Waals surface area contributed by atoms with Gasteiger partial charge in [0.15, 0.2) is 5.75 Å². The fourth-order valence-corrected chi connectivity index (χ4v) is 2.48. The van der Waals surface area contributed by atoms with Crippen LogP contribution >= 0.6 is 15.9 Å². The average Bonchev–Trinajstić information content (AvgIpc) is 2.54. The lowest BCUT2D eigenvalue weighted by Crippen LogP contribution is -2.02. The Morgan fingerprint density at radius 3 is 2.57 bits per heavy atom. The van der Waals surface area contributed by atoms with Crippen molar-refractivity contribution in [3.63, 3.8) is 0 Å². The van der Waals surface area contributed by atoms with E-state index in [2.05, 4.69) is 20.9 Å². The largest absolute Gasteiger partial charge is 0.424 e. The first-order chi connectivity index (χ1) is 11.1. The minimum atomic E-state index is -0.352. The van der Waals surface area contributed by atoms with E-state index in [1.54, 1.807) is 6.07 Å². The summed E-state index contributed by atoms with van der Waals surface area (Å²) in [5.41, 5.74) is 2.57. The van der Waals surface area contributed by atoms with Crippen LogP contribution in [0.5, 0.6) is 5.75 Å². The van der Waals surface area contributed by atoms with E-state index in [4.69, 9.17) is 4.74 Å². The van der Waals surface area contributed by atoms with Gasteiger partial charge in [-0.25, -0.2) is 4.98 Å². The number of rotatable bonds is 3. The van der Waals surface area contributed by atoms with Crippen molar-refractivity contribution >= 4 is 45.0 Å². The van der Waals surface area contributed by atoms with E-state index in [1.807, 2.05) is 60.7 Å². The molecule has 0 fully saturated rings. The van der Waals surface area contributed by atoms with Gasteiger partial charge in [0.1, 0.15) is 5.52 Å². The molecule has 0 saturated carbocycles. The van der Waals surface area contributed by atoms with Crippen LogP contribution in [0.25, 0.3) is 23.1 Å². The molecule has 0 aliphatic rings. The Bertz CT molecular complexity index is 886. The van der Waals surface area contributed by atoms with Crippen molar-refractivity contribution in [3.8, 4) is 5.75 Å². The van der Waals surface area contributed by atoms with E-state index in [9.17, 15) is 4.79 Å². The van der Waals surface area contributed by atoms with Gasteiger partial charge < -0.3 is 4.74 Å². The highest BCUT2D eigenvalue weighted by molar-refractivity contribution is 9.10. The molecule has 3 rings (SSSR count). The molecular formula is C19H14BrNO2. The second-order valence-electron chi connectivity index (χ2n) is 5.04. The number of para-hydroxylation sites is 1. The minimum Gasteiger partial charge on any atom is -0.424 e. The lowest BCUT2D eigenvalue weighted by molar-refractivity contribution is -0.131. The summed E-state index contributed by atoms with van der Waals surface area (Å²) in [5.74, 6) is 0.129. The van der Waals surface area contributed by atoms with Crippen molar-refractivity contribution in [2.45, 2.75) is 6.92 Å². The van der Waals surface area contributed by atoms with Crippen molar-refractivity contribution in [2.24, 2.45) is 0 Å². The number of ether oxygens (including phenoxy) is 1. The van der Waals surface area contributed by atoms with Crippen LogP contribution in [0.2, 0.25) is 0 Å². The minimum absolute atomic E-state index is 0.352. The molecule has 2 aromatic carbocycles. The van der Waals surface area contributed by atoms with Gasteiger partial charge in [-0.3, -0.25) is 4.79 Å². The second kappa shape index (κ2) is 6.75. The van der Waals surface area contributed by atoms with Crippen molar-refractivity contribution in [3.05, 3.63) is 70.3 Å². The Morgan fingerprint density at radius 1 is 1.04 bits per heavy atom. The molecule has 1 heterocycles. The van der Waals surface area contributed by atoms with Crippen molar-refractivity contribution in [2.75, 3.05) is 0 Å². The molecule has 1 aromatic heterocycles. The molecule has 3 nitrogen and oxygen atoms in total. The Kier molecular flexibility index (Phi) is 4.53. The van der Waals surface area contributed by atoms with Crippen molar-refractivity contribution in [1.29, 1.82) is 0 Å². The maximum atomic E-state index is 11.2. The highest BCUT2D eigenvalue weighted by Gasteiger charge is 2.06. The van der Waals surface area contributed by atoms with Gasteiger partial charge >= 0.3 is 5.97 Å². The second-order valence-corrected chi connectivity index (χ2v) is 5.96. The number of halogens is 1. The number of esters is 1. The molecule has 0 saturated heterocycles. The van der Waals surface area contributed by atoms with E-state index in [0.29, 0.717) is 11.3 Å². The van der Waals surface area contributed by atoms with Gasteiger partial charge in [0, 0.05) is 16.8 Å². The monoisotopic (exact) mass is 367 g/mol. The van der Waals surface area contributed by atoms with Gasteiger partial charge in [-0.1, -0.05) is 52.3 Å². The summed E-state index contributed by atoms with van der Waals surface area (Å²) in [7, 11) is 0. The molecule has 0 amide bonds. The first-order valence-corrected chi connectivity index (χ1v) is 7.93. The van der Waals surface area contributed by atoms with E-state index < -0.39 is 0 Å². The maximum Gasteiger partial charge on any atom is 0.308 e. The number of nitrogens with zero attached hydrogens (tertiary/aromatic N) is 1. The molecule has 0 aliphatic carbocycles. The van der Waals surface area contributed by atoms with Gasteiger partial charge in [-0.2, -0.15) is 0 Å². The van der Waals surface area contributed by atoms with Crippen molar-refractivity contribution in [1.82, 2.24) is 4.98 Å². The fourth-order valence-electron chi connectivity index (χ4n) is 2.22. The molecule has 0 atom stereocenters. The zero-order valence-corrected chi connectivity index (χ0v) is 14.1. The lowest BCUT2D eigenvalue weighted by atomic mass is 10.1. The summed E-state index contributed by atoms with van der Waals surface area (Å²) in [6, 6.07) is 17.5. The topological polar surface area (TPSA) is 39.2 Å². The third-order valence-corrected chi connectivity index (χ3v) is 3.80. The molecule has 0 unspecified atom stereocenters. The van der Waals surface area contributed by atoms with Crippen LogP contribution in [0.15, 0.2) is 59.1 Å². The summed E-state index contributed by atoms with van der Waals surface area (Å²) in [5, 5.41) is 0.935. The summed E-state index contributed by atoms with van der Waals surface area (Å²) in [6.07, 6.45) is 3.93. The molecule has 0 radical (unpaired) electrons. The van der Waals surface area contributed by atoms with Crippen molar-refractivity contribution < 1.29 is 9.53 Å². The standard InChI is InChI=1S/C19H14BrNO2/c1-13(22)23-18-4-2-3-15-8-12-17(21-19(15)18)11-7-14-5-9-16(20)10-6-14/h2-12H,1H3/b11-7+. The molecule has 0 N–H and O–H groups in total. The molecule has 0 bridgehead atoms. The van der Waals surface area contributed by atoms with Gasteiger partial charge in [0.25, 0.3) is 0 Å². The predicted octanol–water partition coefficient (Wildman–Crippen LogP) is 5.09. The smallest absolute Gasteiger partial charge is 0.308 e. The molecule has 0 aliphatic heterocycles. The first-order valence-electron chi connectivity index (χ1n) is 7.14. The van der Waals surface area contributed by atoms with Gasteiger partial charge in [0.05, 0.1) is 5.69 Å². The molecule has 23 heavy (non-hydrogen) atoms. The van der Waals surface area contributed by atoms with E-state index in [0.717, 1.165) is 21.1 Å². The fraction of sp³-hybridized carbons (Fsp3) is 0.0526. The van der Waals surface area contributed by atoms with Crippen LogP contribution in [0.4, 0.5) is 0 Å². The third kappa shape index (κ3) is 3.85. The highest BCUT2D eigenvalue weighted by Crippen LogP contribution is 2.24. The predicted molar refractivity (Wildman–Crippen MR) is 96.1 cm³/mol. The SMILES string of the molecule is CC(=O)Oc1cccc2ccc(/C=C/c3ccc(Br)cc3)nc12. The van der Waals surface area contributed by atoms with Crippen LogP contribution in [0.3, 0.4) is 0 Å². The Hall–Kier alpha value is -2.46. The lowest BCUT2D eigenvalue weighted by Gasteiger charge is -2.06. The highest BCUT2D eigenvalue weighted by atomic mass is 79.9.